The summed E-state index contributed by atoms with van der Waals surface area (Å²) in [5.74, 6) is -0.967. The molecule has 0 fully saturated rings. The Morgan fingerprint density at radius 1 is 0.884 bits per heavy atom. The number of carbonyl (C=O) groups excluding carboxylic acids is 3. The average molecular weight is 625 g/mol. The number of thioether (sulfide) groups is 1. The molecule has 2 heterocycles. The standard InChI is InChI=1S/C33H28N4O3S3/c1-21-29(24-9-5-3-6-10-24)36-33(43-21)37-30(38)22(2)42-27-15-13-26(14-16-27)34-32(40)28(19-23-17-18-41-20-23)35-31(39)25-11-7-4-8-12-25/h3-20,22H,1-2H3,(H,34,40)(H,35,39)(H,36,37,38)/b28-19-. The fourth-order valence-electron chi connectivity index (χ4n) is 4.06. The van der Waals surface area contributed by atoms with Crippen molar-refractivity contribution in [3.05, 3.63) is 123 Å². The Morgan fingerprint density at radius 2 is 1.58 bits per heavy atom. The summed E-state index contributed by atoms with van der Waals surface area (Å²) < 4.78 is 0. The minimum atomic E-state index is -0.447. The van der Waals surface area contributed by atoms with Gasteiger partial charge in [-0.1, -0.05) is 48.5 Å². The largest absolute Gasteiger partial charge is 0.321 e. The summed E-state index contributed by atoms with van der Waals surface area (Å²) in [7, 11) is 0. The van der Waals surface area contributed by atoms with Crippen LogP contribution in [0.4, 0.5) is 10.8 Å². The molecule has 0 aliphatic rings. The van der Waals surface area contributed by atoms with Gasteiger partial charge in [-0.05, 0) is 78.7 Å². The molecular formula is C33H28N4O3S3. The lowest BCUT2D eigenvalue weighted by molar-refractivity contribution is -0.115. The Bertz CT molecular complexity index is 1730. The number of aryl methyl sites for hydroxylation is 1. The van der Waals surface area contributed by atoms with Crippen LogP contribution in [0.5, 0.6) is 0 Å². The number of carbonyl (C=O) groups is 3. The summed E-state index contributed by atoms with van der Waals surface area (Å²) in [6.45, 7) is 3.83. The Balaban J connectivity index is 1.20. The molecular weight excluding hydrogens is 597 g/mol. The van der Waals surface area contributed by atoms with Crippen LogP contribution in [0.2, 0.25) is 0 Å². The maximum atomic E-state index is 13.2. The van der Waals surface area contributed by atoms with Crippen LogP contribution < -0.4 is 16.0 Å². The van der Waals surface area contributed by atoms with Crippen LogP contribution in [0.15, 0.2) is 112 Å². The highest BCUT2D eigenvalue weighted by molar-refractivity contribution is 8.00. The zero-order valence-electron chi connectivity index (χ0n) is 23.4. The molecule has 0 aliphatic heterocycles. The number of anilines is 2. The number of aromatic nitrogens is 1. The van der Waals surface area contributed by atoms with Crippen molar-refractivity contribution in [1.29, 1.82) is 0 Å². The van der Waals surface area contributed by atoms with E-state index in [9.17, 15) is 14.4 Å². The third kappa shape index (κ3) is 8.07. The van der Waals surface area contributed by atoms with Gasteiger partial charge in [0.25, 0.3) is 11.8 Å². The molecule has 43 heavy (non-hydrogen) atoms. The van der Waals surface area contributed by atoms with Crippen LogP contribution in [-0.2, 0) is 9.59 Å². The van der Waals surface area contributed by atoms with Gasteiger partial charge in [-0.15, -0.1) is 23.1 Å². The zero-order valence-corrected chi connectivity index (χ0v) is 25.8. The first-order chi connectivity index (χ1) is 20.9. The fourth-order valence-corrected chi connectivity index (χ4v) is 6.38. The van der Waals surface area contributed by atoms with Gasteiger partial charge in [0.2, 0.25) is 5.91 Å². The van der Waals surface area contributed by atoms with Crippen LogP contribution >= 0.6 is 34.4 Å². The number of rotatable bonds is 10. The molecule has 0 bridgehead atoms. The van der Waals surface area contributed by atoms with E-state index in [1.165, 1.54) is 34.4 Å². The molecule has 2 aromatic heterocycles. The van der Waals surface area contributed by atoms with Gasteiger partial charge in [0.05, 0.1) is 10.9 Å². The van der Waals surface area contributed by atoms with E-state index in [1.54, 1.807) is 42.5 Å². The van der Waals surface area contributed by atoms with Crippen LogP contribution in [-0.4, -0.2) is 28.0 Å². The highest BCUT2D eigenvalue weighted by atomic mass is 32.2. The lowest BCUT2D eigenvalue weighted by atomic mass is 10.1. The van der Waals surface area contributed by atoms with E-state index in [-0.39, 0.29) is 22.8 Å². The Kier molecular flexibility index (Phi) is 9.83. The molecule has 1 unspecified atom stereocenters. The first-order valence-electron chi connectivity index (χ1n) is 13.4. The van der Waals surface area contributed by atoms with E-state index in [2.05, 4.69) is 20.9 Å². The first kappa shape index (κ1) is 30.0. The summed E-state index contributed by atoms with van der Waals surface area (Å²) in [5, 5.41) is 12.5. The van der Waals surface area contributed by atoms with E-state index in [4.69, 9.17) is 0 Å². The van der Waals surface area contributed by atoms with Gasteiger partial charge < -0.3 is 16.0 Å². The second kappa shape index (κ2) is 14.1. The van der Waals surface area contributed by atoms with Gasteiger partial charge in [-0.3, -0.25) is 14.4 Å². The molecule has 1 atom stereocenters. The molecule has 3 aromatic carbocycles. The second-order valence-corrected chi connectivity index (χ2v) is 12.8. The van der Waals surface area contributed by atoms with Crippen LogP contribution in [0, 0.1) is 6.92 Å². The lowest BCUT2D eigenvalue weighted by Gasteiger charge is -2.13. The Labute approximate surface area is 262 Å². The first-order valence-corrected chi connectivity index (χ1v) is 16.0. The van der Waals surface area contributed by atoms with Crippen molar-refractivity contribution in [3.63, 3.8) is 0 Å². The SMILES string of the molecule is Cc1sc(NC(=O)C(C)Sc2ccc(NC(=O)/C(=C/c3ccsc3)NC(=O)c3ccccc3)cc2)nc1-c1ccccc1. The van der Waals surface area contributed by atoms with Gasteiger partial charge in [-0.25, -0.2) is 4.98 Å². The minimum Gasteiger partial charge on any atom is -0.321 e. The maximum Gasteiger partial charge on any atom is 0.272 e. The van der Waals surface area contributed by atoms with E-state index in [1.807, 2.05) is 79.2 Å². The normalized spacial score (nSPS) is 11.9. The summed E-state index contributed by atoms with van der Waals surface area (Å²) >= 11 is 4.36. The maximum absolute atomic E-state index is 13.2. The summed E-state index contributed by atoms with van der Waals surface area (Å²) in [4.78, 5) is 45.4. The molecule has 5 aromatic rings. The summed E-state index contributed by atoms with van der Waals surface area (Å²) in [6.07, 6.45) is 1.64. The van der Waals surface area contributed by atoms with Crippen molar-refractivity contribution < 1.29 is 14.4 Å². The van der Waals surface area contributed by atoms with Crippen molar-refractivity contribution >= 4 is 69.1 Å². The number of hydrogen-bond donors (Lipinski definition) is 3. The van der Waals surface area contributed by atoms with Gasteiger partial charge in [0.15, 0.2) is 5.13 Å². The molecule has 0 saturated carbocycles. The summed E-state index contributed by atoms with van der Waals surface area (Å²) in [5.41, 5.74) is 3.83. The molecule has 7 nitrogen and oxygen atoms in total. The van der Waals surface area contributed by atoms with Crippen LogP contribution in [0.1, 0.15) is 27.7 Å². The second-order valence-electron chi connectivity index (χ2n) is 9.45. The molecule has 3 N–H and O–H groups in total. The molecule has 216 valence electrons. The molecule has 10 heteroatoms. The van der Waals surface area contributed by atoms with E-state index < -0.39 is 5.91 Å². The zero-order chi connectivity index (χ0) is 30.2. The van der Waals surface area contributed by atoms with Gasteiger partial charge >= 0.3 is 0 Å². The number of nitrogens with one attached hydrogen (secondary N) is 3. The van der Waals surface area contributed by atoms with Gasteiger partial charge in [0, 0.05) is 26.6 Å². The summed E-state index contributed by atoms with van der Waals surface area (Å²) in [6, 6.07) is 27.7. The third-order valence-electron chi connectivity index (χ3n) is 6.25. The minimum absolute atomic E-state index is 0.129. The molecule has 0 radical (unpaired) electrons. The highest BCUT2D eigenvalue weighted by Crippen LogP contribution is 2.31. The Hall–Kier alpha value is -4.51. The molecule has 0 saturated heterocycles. The van der Waals surface area contributed by atoms with Gasteiger partial charge in [0.1, 0.15) is 5.70 Å². The van der Waals surface area contributed by atoms with Gasteiger partial charge in [-0.2, -0.15) is 11.3 Å². The predicted molar refractivity (Wildman–Crippen MR) is 178 cm³/mol. The van der Waals surface area contributed by atoms with E-state index in [0.717, 1.165) is 26.6 Å². The number of hydrogen-bond acceptors (Lipinski definition) is 7. The lowest BCUT2D eigenvalue weighted by Crippen LogP contribution is -2.30. The smallest absolute Gasteiger partial charge is 0.272 e. The third-order valence-corrected chi connectivity index (χ3v) is 8.95. The Morgan fingerprint density at radius 3 is 2.26 bits per heavy atom. The number of nitrogens with zero attached hydrogens (tertiary/aromatic N) is 1. The highest BCUT2D eigenvalue weighted by Gasteiger charge is 2.19. The average Bonchev–Trinajstić information content (AvgIpc) is 3.67. The molecule has 3 amide bonds. The number of benzene rings is 3. The van der Waals surface area contributed by atoms with Crippen LogP contribution in [0.25, 0.3) is 17.3 Å². The predicted octanol–water partition coefficient (Wildman–Crippen LogP) is 7.71. The van der Waals surface area contributed by atoms with E-state index in [0.29, 0.717) is 16.4 Å². The van der Waals surface area contributed by atoms with Crippen molar-refractivity contribution in [2.24, 2.45) is 0 Å². The van der Waals surface area contributed by atoms with Crippen molar-refractivity contribution in [1.82, 2.24) is 10.3 Å². The number of thiophene rings is 1. The topological polar surface area (TPSA) is 100 Å². The monoisotopic (exact) mass is 624 g/mol. The van der Waals surface area contributed by atoms with Crippen LogP contribution in [0.3, 0.4) is 0 Å². The van der Waals surface area contributed by atoms with E-state index >= 15 is 0 Å². The molecule has 5 rings (SSSR count). The number of thiazole rings is 1. The van der Waals surface area contributed by atoms with Crippen molar-refractivity contribution in [3.8, 4) is 11.3 Å². The quantitative estimate of drug-likeness (QED) is 0.109. The molecule has 0 aliphatic carbocycles. The van der Waals surface area contributed by atoms with Crippen molar-refractivity contribution in [2.45, 2.75) is 24.0 Å². The number of amides is 3. The fraction of sp³-hybridized carbons (Fsp3) is 0.0909. The van der Waals surface area contributed by atoms with Crippen molar-refractivity contribution in [2.75, 3.05) is 10.6 Å². The molecule has 0 spiro atoms.